The van der Waals surface area contributed by atoms with E-state index in [1.807, 2.05) is 36.4 Å². The fraction of sp³-hybridized carbons (Fsp3) is 0.353. The number of carbonyl (C=O) groups excluding carboxylic acids is 1. The molecular formula is C17H19NO3. The molecule has 1 aliphatic carbocycles. The van der Waals surface area contributed by atoms with Gasteiger partial charge in [0.25, 0.3) is 0 Å². The van der Waals surface area contributed by atoms with Crippen molar-refractivity contribution in [2.45, 2.75) is 32.0 Å². The number of nitrogens with zero attached hydrogens (tertiary/aromatic N) is 1. The average molecular weight is 285 g/mol. The van der Waals surface area contributed by atoms with Crippen molar-refractivity contribution in [3.8, 4) is 0 Å². The van der Waals surface area contributed by atoms with E-state index in [9.17, 15) is 4.79 Å². The normalized spacial score (nSPS) is 14.4. The summed E-state index contributed by atoms with van der Waals surface area (Å²) in [6, 6.07) is 12.1. The predicted molar refractivity (Wildman–Crippen MR) is 78.8 cm³/mol. The predicted octanol–water partition coefficient (Wildman–Crippen LogP) is 3.23. The van der Waals surface area contributed by atoms with Crippen LogP contribution in [0.3, 0.4) is 0 Å². The van der Waals surface area contributed by atoms with E-state index < -0.39 is 0 Å². The molecule has 0 unspecified atom stereocenters. The van der Waals surface area contributed by atoms with Crippen molar-refractivity contribution < 1.29 is 13.9 Å². The number of benzene rings is 1. The molecule has 0 saturated heterocycles. The summed E-state index contributed by atoms with van der Waals surface area (Å²) in [5.41, 5.74) is 1.65. The number of hydrogen-bond acceptors (Lipinski definition) is 4. The maximum absolute atomic E-state index is 11.9. The molecule has 0 N–H and O–H groups in total. The van der Waals surface area contributed by atoms with Gasteiger partial charge in [0, 0.05) is 12.6 Å². The first-order valence-corrected chi connectivity index (χ1v) is 7.20. The second kappa shape index (κ2) is 6.14. The first-order chi connectivity index (χ1) is 10.3. The van der Waals surface area contributed by atoms with Crippen molar-refractivity contribution in [1.29, 1.82) is 0 Å². The summed E-state index contributed by atoms with van der Waals surface area (Å²) < 4.78 is 10.3. The number of furan rings is 1. The molecule has 110 valence electrons. The lowest BCUT2D eigenvalue weighted by Gasteiger charge is -2.22. The maximum Gasteiger partial charge on any atom is 0.338 e. The molecule has 0 atom stereocenters. The zero-order chi connectivity index (χ0) is 14.7. The van der Waals surface area contributed by atoms with Crippen LogP contribution in [0.1, 0.15) is 34.5 Å². The molecule has 1 aromatic heterocycles. The van der Waals surface area contributed by atoms with Gasteiger partial charge >= 0.3 is 5.97 Å². The molecule has 0 amide bonds. The second-order valence-corrected chi connectivity index (χ2v) is 5.36. The Bertz CT molecular complexity index is 602. The highest BCUT2D eigenvalue weighted by atomic mass is 16.5. The molecule has 0 spiro atoms. The fourth-order valence-electron chi connectivity index (χ4n) is 2.54. The van der Waals surface area contributed by atoms with Gasteiger partial charge in [0.1, 0.15) is 5.76 Å². The quantitative estimate of drug-likeness (QED) is 0.764. The van der Waals surface area contributed by atoms with E-state index in [1.54, 1.807) is 6.26 Å². The van der Waals surface area contributed by atoms with Crippen molar-refractivity contribution in [1.82, 2.24) is 4.90 Å². The molecule has 0 bridgehead atoms. The van der Waals surface area contributed by atoms with Crippen molar-refractivity contribution in [3.05, 3.63) is 59.5 Å². The smallest absolute Gasteiger partial charge is 0.338 e. The Hall–Kier alpha value is -2.07. The van der Waals surface area contributed by atoms with Gasteiger partial charge in [-0.05, 0) is 36.6 Å². The van der Waals surface area contributed by atoms with Crippen LogP contribution in [0.2, 0.25) is 0 Å². The number of hydrogen-bond donors (Lipinski definition) is 0. The largest absolute Gasteiger partial charge is 0.468 e. The topological polar surface area (TPSA) is 42.7 Å². The average Bonchev–Trinajstić information content (AvgIpc) is 3.24. The zero-order valence-corrected chi connectivity index (χ0v) is 12.1. The molecule has 1 aromatic carbocycles. The van der Waals surface area contributed by atoms with E-state index in [4.69, 9.17) is 9.15 Å². The summed E-state index contributed by atoms with van der Waals surface area (Å²) in [6.07, 6.45) is 4.12. The van der Waals surface area contributed by atoms with Crippen LogP contribution in [-0.2, 0) is 17.8 Å². The molecule has 21 heavy (non-hydrogen) atoms. The van der Waals surface area contributed by atoms with Crippen LogP contribution < -0.4 is 0 Å². The minimum Gasteiger partial charge on any atom is -0.468 e. The molecule has 1 aliphatic rings. The van der Waals surface area contributed by atoms with Crippen molar-refractivity contribution in [2.75, 3.05) is 7.11 Å². The molecule has 1 heterocycles. The summed E-state index contributed by atoms with van der Waals surface area (Å²) in [5.74, 6) is 0.678. The van der Waals surface area contributed by atoms with Crippen LogP contribution in [0, 0.1) is 0 Å². The molecule has 4 heteroatoms. The van der Waals surface area contributed by atoms with Crippen LogP contribution >= 0.6 is 0 Å². The maximum atomic E-state index is 11.9. The third-order valence-electron chi connectivity index (χ3n) is 3.80. The van der Waals surface area contributed by atoms with Crippen LogP contribution in [0.25, 0.3) is 0 Å². The highest BCUT2D eigenvalue weighted by molar-refractivity contribution is 5.90. The Morgan fingerprint density at radius 2 is 2.05 bits per heavy atom. The number of methoxy groups -OCH3 is 1. The Morgan fingerprint density at radius 3 is 2.71 bits per heavy atom. The SMILES string of the molecule is COC(=O)c1ccccc1CN(Cc1ccco1)C1CC1. The molecule has 3 rings (SSSR count). The van der Waals surface area contributed by atoms with Crippen molar-refractivity contribution in [2.24, 2.45) is 0 Å². The van der Waals surface area contributed by atoms with E-state index in [1.165, 1.54) is 20.0 Å². The third kappa shape index (κ3) is 3.34. The Labute approximate surface area is 124 Å². The second-order valence-electron chi connectivity index (χ2n) is 5.36. The van der Waals surface area contributed by atoms with Gasteiger partial charge in [-0.3, -0.25) is 4.90 Å². The van der Waals surface area contributed by atoms with Crippen LogP contribution in [0.5, 0.6) is 0 Å². The highest BCUT2D eigenvalue weighted by Crippen LogP contribution is 2.30. The lowest BCUT2D eigenvalue weighted by atomic mass is 10.1. The summed E-state index contributed by atoms with van der Waals surface area (Å²) in [6.45, 7) is 1.50. The molecule has 2 aromatic rings. The molecule has 0 aliphatic heterocycles. The van der Waals surface area contributed by atoms with Gasteiger partial charge in [-0.25, -0.2) is 4.79 Å². The van der Waals surface area contributed by atoms with Crippen LogP contribution in [0.4, 0.5) is 0 Å². The van der Waals surface area contributed by atoms with Crippen molar-refractivity contribution >= 4 is 5.97 Å². The fourth-order valence-corrected chi connectivity index (χ4v) is 2.54. The standard InChI is InChI=1S/C17H19NO3/c1-20-17(19)16-7-3-2-5-13(16)11-18(14-8-9-14)12-15-6-4-10-21-15/h2-7,10,14H,8-9,11-12H2,1H3. The first-order valence-electron chi connectivity index (χ1n) is 7.20. The summed E-state index contributed by atoms with van der Waals surface area (Å²) in [5, 5.41) is 0. The van der Waals surface area contributed by atoms with Gasteiger partial charge in [0.15, 0.2) is 0 Å². The monoisotopic (exact) mass is 285 g/mol. The minimum atomic E-state index is -0.278. The van der Waals surface area contributed by atoms with Crippen molar-refractivity contribution in [3.63, 3.8) is 0 Å². The van der Waals surface area contributed by atoms with E-state index in [-0.39, 0.29) is 5.97 Å². The number of rotatable bonds is 6. The summed E-state index contributed by atoms with van der Waals surface area (Å²) in [4.78, 5) is 14.2. The zero-order valence-electron chi connectivity index (χ0n) is 12.1. The van der Waals surface area contributed by atoms with E-state index in [0.29, 0.717) is 11.6 Å². The van der Waals surface area contributed by atoms with Crippen LogP contribution in [0.15, 0.2) is 47.1 Å². The molecule has 1 saturated carbocycles. The van der Waals surface area contributed by atoms with E-state index in [0.717, 1.165) is 24.4 Å². The number of carbonyl (C=O) groups is 1. The van der Waals surface area contributed by atoms with Gasteiger partial charge in [0.2, 0.25) is 0 Å². The Kier molecular flexibility index (Phi) is 4.06. The third-order valence-corrected chi connectivity index (χ3v) is 3.80. The van der Waals surface area contributed by atoms with Gasteiger partial charge in [-0.2, -0.15) is 0 Å². The van der Waals surface area contributed by atoms with E-state index in [2.05, 4.69) is 4.90 Å². The molecular weight excluding hydrogens is 266 g/mol. The lowest BCUT2D eigenvalue weighted by Crippen LogP contribution is -2.26. The Balaban J connectivity index is 1.78. The lowest BCUT2D eigenvalue weighted by molar-refractivity contribution is 0.0598. The molecule has 4 nitrogen and oxygen atoms in total. The van der Waals surface area contributed by atoms with Gasteiger partial charge < -0.3 is 9.15 Å². The van der Waals surface area contributed by atoms with Gasteiger partial charge in [0.05, 0.1) is 25.5 Å². The molecule has 0 radical (unpaired) electrons. The first kappa shape index (κ1) is 13.9. The summed E-state index contributed by atoms with van der Waals surface area (Å²) in [7, 11) is 1.42. The Morgan fingerprint density at radius 1 is 1.24 bits per heavy atom. The molecule has 1 fully saturated rings. The van der Waals surface area contributed by atoms with Gasteiger partial charge in [-0.15, -0.1) is 0 Å². The van der Waals surface area contributed by atoms with Crippen LogP contribution in [-0.4, -0.2) is 24.0 Å². The summed E-state index contributed by atoms with van der Waals surface area (Å²) >= 11 is 0. The van der Waals surface area contributed by atoms with Gasteiger partial charge in [-0.1, -0.05) is 18.2 Å². The number of esters is 1. The highest BCUT2D eigenvalue weighted by Gasteiger charge is 2.30. The minimum absolute atomic E-state index is 0.278. The van der Waals surface area contributed by atoms with E-state index >= 15 is 0 Å². The number of ether oxygens (including phenoxy) is 1.